The fourth-order valence-electron chi connectivity index (χ4n) is 1.77. The van der Waals surface area contributed by atoms with Crippen LogP contribution in [0, 0.1) is 15.9 Å². The second-order valence-electron chi connectivity index (χ2n) is 4.36. The van der Waals surface area contributed by atoms with Crippen molar-refractivity contribution in [2.75, 3.05) is 0 Å². The average Bonchev–Trinajstić information content (AvgIpc) is 2.88. The Morgan fingerprint density at radius 1 is 1.55 bits per heavy atom. The number of hydrogen-bond acceptors (Lipinski definition) is 5. The summed E-state index contributed by atoms with van der Waals surface area (Å²) >= 11 is 0. The lowest BCUT2D eigenvalue weighted by molar-refractivity contribution is -0.387. The van der Waals surface area contributed by atoms with Gasteiger partial charge in [-0.25, -0.2) is 4.68 Å². The van der Waals surface area contributed by atoms with E-state index in [-0.39, 0.29) is 18.2 Å². The second kappa shape index (κ2) is 5.74. The molecular formula is C12H14FN5O2. The molecule has 0 fully saturated rings. The SMILES string of the molecule is CCC(N)c1cn(Cc2cccc([N+](=O)[O-])c2F)nn1. The summed E-state index contributed by atoms with van der Waals surface area (Å²) in [7, 11) is 0. The maximum Gasteiger partial charge on any atom is 0.305 e. The number of hydrogen-bond donors (Lipinski definition) is 1. The molecule has 106 valence electrons. The van der Waals surface area contributed by atoms with E-state index in [1.807, 2.05) is 6.92 Å². The zero-order valence-electron chi connectivity index (χ0n) is 10.9. The molecule has 0 bridgehead atoms. The molecule has 1 heterocycles. The van der Waals surface area contributed by atoms with Gasteiger partial charge in [0.15, 0.2) is 0 Å². The van der Waals surface area contributed by atoms with Crippen LogP contribution in [-0.2, 0) is 6.54 Å². The number of rotatable bonds is 5. The zero-order chi connectivity index (χ0) is 14.7. The highest BCUT2D eigenvalue weighted by Gasteiger charge is 2.18. The first-order valence-corrected chi connectivity index (χ1v) is 6.10. The van der Waals surface area contributed by atoms with E-state index in [1.165, 1.54) is 16.8 Å². The Hall–Kier alpha value is -2.35. The Bertz CT molecular complexity index is 628. The third kappa shape index (κ3) is 2.80. The van der Waals surface area contributed by atoms with Crippen LogP contribution in [0.4, 0.5) is 10.1 Å². The Kier molecular flexibility index (Phi) is 4.04. The first-order chi connectivity index (χ1) is 9.52. The fraction of sp³-hybridized carbons (Fsp3) is 0.333. The van der Waals surface area contributed by atoms with E-state index in [9.17, 15) is 14.5 Å². The van der Waals surface area contributed by atoms with Gasteiger partial charge in [-0.05, 0) is 6.42 Å². The second-order valence-corrected chi connectivity index (χ2v) is 4.36. The third-order valence-corrected chi connectivity index (χ3v) is 2.96. The molecule has 20 heavy (non-hydrogen) atoms. The highest BCUT2D eigenvalue weighted by Crippen LogP contribution is 2.21. The van der Waals surface area contributed by atoms with Crippen molar-refractivity contribution in [2.24, 2.45) is 5.73 Å². The minimum atomic E-state index is -0.852. The molecule has 0 radical (unpaired) electrons. The summed E-state index contributed by atoms with van der Waals surface area (Å²) in [6, 6.07) is 3.81. The molecule has 1 unspecified atom stereocenters. The Balaban J connectivity index is 2.24. The standard InChI is InChI=1S/C12H14FN5O2/c1-2-9(14)10-7-17(16-15-10)6-8-4-3-5-11(12(8)13)18(19)20/h3-5,7,9H,2,6,14H2,1H3. The summed E-state index contributed by atoms with van der Waals surface area (Å²) in [5.74, 6) is -0.852. The number of nitrogens with two attached hydrogens (primary N) is 1. The summed E-state index contributed by atoms with van der Waals surface area (Å²) in [6.45, 7) is 1.99. The monoisotopic (exact) mass is 279 g/mol. The van der Waals surface area contributed by atoms with Gasteiger partial charge < -0.3 is 5.73 Å². The number of nitrogens with zero attached hydrogens (tertiary/aromatic N) is 4. The van der Waals surface area contributed by atoms with Crippen molar-refractivity contribution < 1.29 is 9.31 Å². The van der Waals surface area contributed by atoms with Crippen LogP contribution in [0.2, 0.25) is 0 Å². The minimum absolute atomic E-state index is 0.0664. The van der Waals surface area contributed by atoms with Crippen LogP contribution >= 0.6 is 0 Å². The van der Waals surface area contributed by atoms with E-state index in [0.717, 1.165) is 6.07 Å². The molecule has 0 saturated heterocycles. The van der Waals surface area contributed by atoms with E-state index in [4.69, 9.17) is 5.73 Å². The van der Waals surface area contributed by atoms with Gasteiger partial charge in [-0.2, -0.15) is 4.39 Å². The van der Waals surface area contributed by atoms with Gasteiger partial charge in [0.2, 0.25) is 5.82 Å². The predicted molar refractivity (Wildman–Crippen MR) is 69.4 cm³/mol. The molecule has 0 aliphatic carbocycles. The summed E-state index contributed by atoms with van der Waals surface area (Å²) in [4.78, 5) is 9.92. The van der Waals surface area contributed by atoms with Gasteiger partial charge in [-0.3, -0.25) is 10.1 Å². The van der Waals surface area contributed by atoms with Crippen molar-refractivity contribution in [1.29, 1.82) is 0 Å². The van der Waals surface area contributed by atoms with Gasteiger partial charge in [0.05, 0.1) is 29.4 Å². The maximum absolute atomic E-state index is 13.9. The van der Waals surface area contributed by atoms with Gasteiger partial charge in [0.1, 0.15) is 0 Å². The van der Waals surface area contributed by atoms with Crippen LogP contribution in [0.25, 0.3) is 0 Å². The number of aromatic nitrogens is 3. The normalized spacial score (nSPS) is 12.3. The van der Waals surface area contributed by atoms with Crippen molar-refractivity contribution in [3.63, 3.8) is 0 Å². The third-order valence-electron chi connectivity index (χ3n) is 2.96. The number of nitro groups is 1. The number of nitro benzene ring substituents is 1. The minimum Gasteiger partial charge on any atom is -0.323 e. The number of benzene rings is 1. The van der Waals surface area contributed by atoms with Crippen molar-refractivity contribution >= 4 is 5.69 Å². The molecule has 0 aliphatic heterocycles. The molecule has 2 rings (SSSR count). The van der Waals surface area contributed by atoms with E-state index in [0.29, 0.717) is 12.1 Å². The van der Waals surface area contributed by atoms with Crippen molar-refractivity contribution in [1.82, 2.24) is 15.0 Å². The Morgan fingerprint density at radius 3 is 2.95 bits per heavy atom. The number of halogens is 1. The van der Waals surface area contributed by atoms with Crippen molar-refractivity contribution in [3.8, 4) is 0 Å². The molecule has 0 saturated carbocycles. The summed E-state index contributed by atoms with van der Waals surface area (Å²) < 4.78 is 15.3. The molecule has 2 N–H and O–H groups in total. The summed E-state index contributed by atoms with van der Waals surface area (Å²) in [5, 5.41) is 18.4. The van der Waals surface area contributed by atoms with Gasteiger partial charge >= 0.3 is 5.69 Å². The van der Waals surface area contributed by atoms with Gasteiger partial charge in [0.25, 0.3) is 0 Å². The van der Waals surface area contributed by atoms with Crippen LogP contribution in [0.5, 0.6) is 0 Å². The molecule has 0 aliphatic rings. The molecule has 1 aromatic carbocycles. The van der Waals surface area contributed by atoms with Gasteiger partial charge in [-0.1, -0.05) is 24.3 Å². The molecule has 7 nitrogen and oxygen atoms in total. The Labute approximate surface area is 114 Å². The van der Waals surface area contributed by atoms with E-state index >= 15 is 0 Å². The molecule has 2 aromatic rings. The van der Waals surface area contributed by atoms with Gasteiger partial charge in [0, 0.05) is 11.6 Å². The quantitative estimate of drug-likeness (QED) is 0.664. The molecule has 0 amide bonds. The van der Waals surface area contributed by atoms with E-state index < -0.39 is 16.4 Å². The van der Waals surface area contributed by atoms with Crippen LogP contribution in [-0.4, -0.2) is 19.9 Å². The highest BCUT2D eigenvalue weighted by atomic mass is 19.1. The van der Waals surface area contributed by atoms with E-state index in [2.05, 4.69) is 10.3 Å². The Morgan fingerprint density at radius 2 is 2.30 bits per heavy atom. The largest absolute Gasteiger partial charge is 0.323 e. The van der Waals surface area contributed by atoms with Crippen LogP contribution in [0.15, 0.2) is 24.4 Å². The average molecular weight is 279 g/mol. The lowest BCUT2D eigenvalue weighted by Crippen LogP contribution is -2.09. The van der Waals surface area contributed by atoms with E-state index in [1.54, 1.807) is 6.20 Å². The van der Waals surface area contributed by atoms with Crippen molar-refractivity contribution in [2.45, 2.75) is 25.9 Å². The predicted octanol–water partition coefficient (Wildman–Crippen LogP) is 1.78. The first kappa shape index (κ1) is 14.1. The highest BCUT2D eigenvalue weighted by molar-refractivity contribution is 5.36. The maximum atomic E-state index is 13.9. The molecule has 8 heteroatoms. The zero-order valence-corrected chi connectivity index (χ0v) is 10.9. The first-order valence-electron chi connectivity index (χ1n) is 6.10. The summed E-state index contributed by atoms with van der Waals surface area (Å²) in [5.41, 5.74) is 6.06. The lowest BCUT2D eigenvalue weighted by atomic mass is 10.2. The van der Waals surface area contributed by atoms with Crippen LogP contribution in [0.1, 0.15) is 30.6 Å². The lowest BCUT2D eigenvalue weighted by Gasteiger charge is -2.04. The van der Waals surface area contributed by atoms with Gasteiger partial charge in [-0.15, -0.1) is 5.10 Å². The molecular weight excluding hydrogens is 265 g/mol. The smallest absolute Gasteiger partial charge is 0.305 e. The molecule has 1 atom stereocenters. The van der Waals surface area contributed by atoms with Crippen LogP contribution < -0.4 is 5.73 Å². The van der Waals surface area contributed by atoms with Crippen molar-refractivity contribution in [3.05, 3.63) is 51.6 Å². The fourth-order valence-corrected chi connectivity index (χ4v) is 1.77. The molecule has 0 spiro atoms. The summed E-state index contributed by atoms with van der Waals surface area (Å²) in [6.07, 6.45) is 2.33. The van der Waals surface area contributed by atoms with Crippen LogP contribution in [0.3, 0.4) is 0 Å². The topological polar surface area (TPSA) is 99.9 Å². The molecule has 1 aromatic heterocycles.